The summed E-state index contributed by atoms with van der Waals surface area (Å²) in [6, 6.07) is 0. The monoisotopic (exact) mass is 368 g/mol. The van der Waals surface area contributed by atoms with Crippen molar-refractivity contribution in [2.45, 2.75) is 26.3 Å². The van der Waals surface area contributed by atoms with E-state index < -0.39 is 31.1 Å². The number of carbonyl (C=O) groups is 4. The molecule has 14 heteroatoms. The zero-order valence-electron chi connectivity index (χ0n) is 12.1. The number of aliphatic hydroxyl groups excluding tert-OH is 1. The molecule has 3 saturated heterocycles. The minimum absolute atomic E-state index is 0. The standard InChI is InChI=1S/C6H8N2O6.C2H4N2O2.C2H4O2.CH4/c9-5(13-3-1-11-3)7-8-6(10)14-4-2-12-4;5-1-3-4-2-6;3-2-1-4-2;/h3-4H,1-2H2,(H,7,9)(H,8,10);1-2H,(H,3,5)(H,4,6);2-3H,1H2;1H4. The van der Waals surface area contributed by atoms with E-state index in [-0.39, 0.29) is 7.43 Å². The number of carbonyl (C=O) groups excluding carboxylic acids is 4. The van der Waals surface area contributed by atoms with E-state index in [1.165, 1.54) is 0 Å². The van der Waals surface area contributed by atoms with Crippen LogP contribution in [0, 0.1) is 0 Å². The second-order valence-electron chi connectivity index (χ2n) is 3.90. The van der Waals surface area contributed by atoms with Gasteiger partial charge in [0.05, 0.1) is 0 Å². The predicted molar refractivity (Wildman–Crippen MR) is 75.8 cm³/mol. The van der Waals surface area contributed by atoms with Crippen LogP contribution in [0.3, 0.4) is 0 Å². The van der Waals surface area contributed by atoms with Gasteiger partial charge in [-0.05, 0) is 0 Å². The topological polar surface area (TPSA) is 193 Å². The lowest BCUT2D eigenvalue weighted by atomic mass is 10.9. The molecule has 0 radical (unpaired) electrons. The molecule has 0 bridgehead atoms. The molecule has 14 nitrogen and oxygen atoms in total. The van der Waals surface area contributed by atoms with Crippen LogP contribution in [0.25, 0.3) is 0 Å². The lowest BCUT2D eigenvalue weighted by molar-refractivity contribution is -0.116. The molecule has 3 aliphatic rings. The van der Waals surface area contributed by atoms with Gasteiger partial charge in [-0.15, -0.1) is 0 Å². The first-order chi connectivity index (χ1) is 11.5. The molecule has 0 aromatic carbocycles. The molecule has 144 valence electrons. The van der Waals surface area contributed by atoms with Crippen molar-refractivity contribution < 1.29 is 48.0 Å². The second-order valence-corrected chi connectivity index (χ2v) is 3.90. The molecule has 0 aromatic rings. The van der Waals surface area contributed by atoms with Crippen molar-refractivity contribution in [3.63, 3.8) is 0 Å². The van der Waals surface area contributed by atoms with Crippen molar-refractivity contribution in [1.82, 2.24) is 21.7 Å². The van der Waals surface area contributed by atoms with E-state index in [0.29, 0.717) is 32.6 Å². The maximum atomic E-state index is 10.8. The fourth-order valence-corrected chi connectivity index (χ4v) is 0.725. The maximum Gasteiger partial charge on any atom is 0.428 e. The lowest BCUT2D eigenvalue weighted by Gasteiger charge is -2.05. The molecule has 0 aromatic heterocycles. The molecule has 5 N–H and O–H groups in total. The summed E-state index contributed by atoms with van der Waals surface area (Å²) in [7, 11) is 0. The molecular formula is C11H20N4O10. The van der Waals surface area contributed by atoms with Gasteiger partial charge in [0.2, 0.25) is 25.4 Å². The molecule has 3 rings (SSSR count). The van der Waals surface area contributed by atoms with Crippen LogP contribution < -0.4 is 21.7 Å². The Balaban J connectivity index is 0.000000436. The molecule has 0 spiro atoms. The van der Waals surface area contributed by atoms with Gasteiger partial charge in [-0.2, -0.15) is 0 Å². The maximum absolute atomic E-state index is 10.8. The summed E-state index contributed by atoms with van der Waals surface area (Å²) in [5.74, 6) is 0. The van der Waals surface area contributed by atoms with Crippen LogP contribution in [0.1, 0.15) is 7.43 Å². The Bertz CT molecular complexity index is 391. The highest BCUT2D eigenvalue weighted by Crippen LogP contribution is 2.10. The van der Waals surface area contributed by atoms with Crippen LogP contribution in [0.2, 0.25) is 0 Å². The van der Waals surface area contributed by atoms with Crippen LogP contribution in [0.5, 0.6) is 0 Å². The number of amides is 4. The molecule has 3 unspecified atom stereocenters. The normalized spacial score (nSPS) is 23.2. The fourth-order valence-electron chi connectivity index (χ4n) is 0.725. The van der Waals surface area contributed by atoms with E-state index in [2.05, 4.69) is 23.7 Å². The molecule has 3 heterocycles. The predicted octanol–water partition coefficient (Wildman–Crippen LogP) is -2.57. The van der Waals surface area contributed by atoms with E-state index >= 15 is 0 Å². The fraction of sp³-hybridized carbons (Fsp3) is 0.636. The molecule has 0 saturated carbocycles. The minimum Gasteiger partial charge on any atom is -0.416 e. The SMILES string of the molecule is C.O=C(NNC(=O)OC1CO1)OC1CO1.O=CNNC=O.OC1CO1. The average molecular weight is 368 g/mol. The lowest BCUT2D eigenvalue weighted by Crippen LogP contribution is -2.42. The number of aliphatic hydroxyl groups is 1. The molecular weight excluding hydrogens is 348 g/mol. The van der Waals surface area contributed by atoms with E-state index in [0.717, 1.165) is 0 Å². The Labute approximate surface area is 142 Å². The third-order valence-corrected chi connectivity index (χ3v) is 1.87. The highest BCUT2D eigenvalue weighted by Gasteiger charge is 2.29. The molecule has 4 amide bonds. The zero-order valence-corrected chi connectivity index (χ0v) is 12.1. The Morgan fingerprint density at radius 3 is 1.40 bits per heavy atom. The number of hydrogen-bond acceptors (Lipinski definition) is 10. The Hall–Kier alpha value is -2.68. The quantitative estimate of drug-likeness (QED) is 0.149. The Kier molecular flexibility index (Phi) is 11.3. The van der Waals surface area contributed by atoms with Crippen molar-refractivity contribution >= 4 is 25.0 Å². The van der Waals surface area contributed by atoms with Gasteiger partial charge in [0.15, 0.2) is 6.29 Å². The van der Waals surface area contributed by atoms with Gasteiger partial charge in [-0.25, -0.2) is 20.4 Å². The summed E-state index contributed by atoms with van der Waals surface area (Å²) in [6.07, 6.45) is -2.29. The number of rotatable bonds is 5. The summed E-state index contributed by atoms with van der Waals surface area (Å²) in [5.41, 5.74) is 7.73. The number of ether oxygens (including phenoxy) is 5. The minimum atomic E-state index is -0.804. The summed E-state index contributed by atoms with van der Waals surface area (Å²) in [6.45, 7) is 1.31. The van der Waals surface area contributed by atoms with Gasteiger partial charge >= 0.3 is 12.2 Å². The van der Waals surface area contributed by atoms with Crippen LogP contribution in [0.4, 0.5) is 9.59 Å². The van der Waals surface area contributed by atoms with Crippen molar-refractivity contribution in [2.24, 2.45) is 0 Å². The molecule has 3 atom stereocenters. The summed E-state index contributed by atoms with van der Waals surface area (Å²) in [5, 5.41) is 7.94. The first-order valence-electron chi connectivity index (χ1n) is 6.39. The Morgan fingerprint density at radius 1 is 0.880 bits per heavy atom. The molecule has 25 heavy (non-hydrogen) atoms. The molecule has 0 aliphatic carbocycles. The van der Waals surface area contributed by atoms with Gasteiger partial charge in [-0.3, -0.25) is 20.4 Å². The zero-order chi connectivity index (χ0) is 17.8. The van der Waals surface area contributed by atoms with E-state index in [1.807, 2.05) is 21.7 Å². The third-order valence-electron chi connectivity index (χ3n) is 1.87. The van der Waals surface area contributed by atoms with Gasteiger partial charge < -0.3 is 28.8 Å². The van der Waals surface area contributed by atoms with Crippen molar-refractivity contribution in [2.75, 3.05) is 19.8 Å². The molecule has 3 fully saturated rings. The molecule has 3 aliphatic heterocycles. The summed E-state index contributed by atoms with van der Waals surface area (Å²) < 4.78 is 22.6. The highest BCUT2D eigenvalue weighted by atomic mass is 16.8. The van der Waals surface area contributed by atoms with E-state index in [9.17, 15) is 19.2 Å². The average Bonchev–Trinajstić information content (AvgIpc) is 3.36. The number of epoxide rings is 3. The van der Waals surface area contributed by atoms with Gasteiger partial charge in [0.1, 0.15) is 19.8 Å². The number of hydrogen-bond donors (Lipinski definition) is 5. The highest BCUT2D eigenvalue weighted by molar-refractivity contribution is 5.73. The van der Waals surface area contributed by atoms with Crippen LogP contribution in [-0.2, 0) is 33.3 Å². The largest absolute Gasteiger partial charge is 0.428 e. The second kappa shape index (κ2) is 12.7. The third kappa shape index (κ3) is 16.0. The first kappa shape index (κ1) is 22.3. The number of nitrogens with one attached hydrogen (secondary N) is 4. The van der Waals surface area contributed by atoms with Crippen LogP contribution in [0.15, 0.2) is 0 Å². The number of hydrazine groups is 2. The van der Waals surface area contributed by atoms with Crippen LogP contribution >= 0.6 is 0 Å². The van der Waals surface area contributed by atoms with Gasteiger partial charge in [0, 0.05) is 0 Å². The van der Waals surface area contributed by atoms with Gasteiger partial charge in [-0.1, -0.05) is 7.43 Å². The van der Waals surface area contributed by atoms with Crippen molar-refractivity contribution in [3.8, 4) is 0 Å². The first-order valence-corrected chi connectivity index (χ1v) is 6.39. The van der Waals surface area contributed by atoms with Crippen molar-refractivity contribution in [1.29, 1.82) is 0 Å². The van der Waals surface area contributed by atoms with Gasteiger partial charge in [0.25, 0.3) is 0 Å². The summed E-state index contributed by atoms with van der Waals surface area (Å²) >= 11 is 0. The van der Waals surface area contributed by atoms with E-state index in [4.69, 9.17) is 5.11 Å². The van der Waals surface area contributed by atoms with Crippen LogP contribution in [-0.4, -0.2) is 68.8 Å². The Morgan fingerprint density at radius 2 is 1.20 bits per heavy atom. The van der Waals surface area contributed by atoms with E-state index in [1.54, 1.807) is 0 Å². The smallest absolute Gasteiger partial charge is 0.416 e. The summed E-state index contributed by atoms with van der Waals surface area (Å²) in [4.78, 5) is 40.0. The van der Waals surface area contributed by atoms with Crippen molar-refractivity contribution in [3.05, 3.63) is 0 Å².